The van der Waals surface area contributed by atoms with E-state index in [9.17, 15) is 9.65 Å². The van der Waals surface area contributed by atoms with Crippen LogP contribution in [-0.4, -0.2) is 21.1 Å². The van der Waals surface area contributed by atoms with Crippen LogP contribution >= 0.6 is 0 Å². The van der Waals surface area contributed by atoms with Gasteiger partial charge >= 0.3 is 152 Å². The molecule has 0 spiro atoms. The molecule has 1 rings (SSSR count). The summed E-state index contributed by atoms with van der Waals surface area (Å²) in [5.41, 5.74) is 0.588. The minimum atomic E-state index is -0.951. The molecular formula is C20H30FNSn. The molecule has 0 saturated heterocycles. The van der Waals surface area contributed by atoms with Gasteiger partial charge in [0.05, 0.1) is 0 Å². The zero-order valence-corrected chi connectivity index (χ0v) is 17.8. The van der Waals surface area contributed by atoms with E-state index in [2.05, 4.69) is 26.8 Å². The molecule has 0 heterocycles. The second kappa shape index (κ2) is 11.1. The normalized spacial score (nSPS) is 11.4. The van der Waals surface area contributed by atoms with Crippen molar-refractivity contribution in [2.24, 2.45) is 0 Å². The molecule has 1 nitrogen and oxygen atoms in total. The van der Waals surface area contributed by atoms with E-state index >= 15 is 0 Å². The van der Waals surface area contributed by atoms with Crippen molar-refractivity contribution in [1.82, 2.24) is 0 Å². The molecule has 3 heteroatoms. The number of benzene rings is 1. The van der Waals surface area contributed by atoms with Gasteiger partial charge in [-0.1, -0.05) is 0 Å². The predicted octanol–water partition coefficient (Wildman–Crippen LogP) is 5.76. The Kier molecular flexibility index (Phi) is 9.86. The van der Waals surface area contributed by atoms with Crippen molar-refractivity contribution in [2.45, 2.75) is 82.0 Å². The van der Waals surface area contributed by atoms with E-state index < -0.39 is 21.1 Å². The fourth-order valence-corrected chi connectivity index (χ4v) is 8.55. The molecule has 0 amide bonds. The second-order valence-corrected chi connectivity index (χ2v) is 11.8. The first-order valence-electron chi connectivity index (χ1n) is 9.08. The Labute approximate surface area is 151 Å². The monoisotopic (exact) mass is 423 g/mol. The summed E-state index contributed by atoms with van der Waals surface area (Å²) in [5.74, 6) is -0.286. The third kappa shape index (κ3) is 6.83. The van der Waals surface area contributed by atoms with Gasteiger partial charge in [0.15, 0.2) is 0 Å². The predicted molar refractivity (Wildman–Crippen MR) is 97.8 cm³/mol. The van der Waals surface area contributed by atoms with Crippen LogP contribution in [0.1, 0.15) is 84.1 Å². The summed E-state index contributed by atoms with van der Waals surface area (Å²) in [6, 6.07) is 7.11. The van der Waals surface area contributed by atoms with Crippen LogP contribution in [0.5, 0.6) is 0 Å². The van der Waals surface area contributed by atoms with Crippen molar-refractivity contribution in [3.05, 3.63) is 29.6 Å². The Bertz CT molecular complexity index is 485. The van der Waals surface area contributed by atoms with Gasteiger partial charge in [-0.2, -0.15) is 0 Å². The fraction of sp³-hybridized carbons (Fsp3) is 0.650. The van der Waals surface area contributed by atoms with E-state index in [0.717, 1.165) is 0 Å². The average molecular weight is 422 g/mol. The van der Waals surface area contributed by atoms with Gasteiger partial charge in [-0.05, 0) is 0 Å². The van der Waals surface area contributed by atoms with Crippen molar-refractivity contribution in [2.75, 3.05) is 0 Å². The van der Waals surface area contributed by atoms with Crippen molar-refractivity contribution < 1.29 is 4.39 Å². The molecule has 0 aliphatic rings. The summed E-state index contributed by atoms with van der Waals surface area (Å²) in [6.07, 6.45) is 11.4. The summed E-state index contributed by atoms with van der Waals surface area (Å²) >= 11 is -0.951. The first kappa shape index (κ1) is 20.5. The standard InChI is InChI=1S/C13H27.C7H3FN.Sn/c1-4-7-10-13(11-8-5-2)12-9-6-3;8-7-3-1-2-6(4-7)5-9;/h4-12H2,1-3H3;1,3-4H;. The zero-order chi connectivity index (χ0) is 17.1. The third-order valence-electron chi connectivity index (χ3n) is 4.53. The van der Waals surface area contributed by atoms with Gasteiger partial charge in [0.25, 0.3) is 0 Å². The molecule has 0 aliphatic heterocycles. The van der Waals surface area contributed by atoms with E-state index in [1.165, 1.54) is 67.4 Å². The van der Waals surface area contributed by atoms with Gasteiger partial charge < -0.3 is 0 Å². The number of nitriles is 1. The second-order valence-electron chi connectivity index (χ2n) is 6.52. The summed E-state index contributed by atoms with van der Waals surface area (Å²) in [5, 5.41) is 9.38. The maximum atomic E-state index is 13.4. The summed E-state index contributed by atoms with van der Waals surface area (Å²) in [7, 11) is 0. The molecule has 0 N–H and O–H groups in total. The van der Waals surface area contributed by atoms with Gasteiger partial charge in [0, 0.05) is 0 Å². The van der Waals surface area contributed by atoms with Gasteiger partial charge in [-0.3, -0.25) is 0 Å². The molecule has 0 atom stereocenters. The average Bonchev–Trinajstić information content (AvgIpc) is 2.57. The quantitative estimate of drug-likeness (QED) is 0.417. The Morgan fingerprint density at radius 1 is 1.00 bits per heavy atom. The number of unbranched alkanes of at least 4 members (excludes halogenated alkanes) is 3. The van der Waals surface area contributed by atoms with E-state index in [-0.39, 0.29) is 5.82 Å². The summed E-state index contributed by atoms with van der Waals surface area (Å²) in [4.78, 5) is 0. The minimum absolute atomic E-state index is 0.286. The molecule has 2 radical (unpaired) electrons. The molecule has 1 aromatic rings. The van der Waals surface area contributed by atoms with Crippen LogP contribution in [0, 0.1) is 17.1 Å². The summed E-state index contributed by atoms with van der Waals surface area (Å²) < 4.78 is 15.1. The van der Waals surface area contributed by atoms with E-state index in [4.69, 9.17) is 0 Å². The number of rotatable bonds is 11. The number of nitrogens with zero attached hydrogens (tertiary/aromatic N) is 1. The van der Waals surface area contributed by atoms with Crippen molar-refractivity contribution in [1.29, 1.82) is 5.26 Å². The molecule has 0 saturated carbocycles. The van der Waals surface area contributed by atoms with E-state index in [0.29, 0.717) is 8.99 Å². The van der Waals surface area contributed by atoms with E-state index in [1.807, 2.05) is 6.07 Å². The van der Waals surface area contributed by atoms with Crippen molar-refractivity contribution >= 4 is 24.7 Å². The Morgan fingerprint density at radius 3 is 1.96 bits per heavy atom. The summed E-state index contributed by atoms with van der Waals surface area (Å²) in [6.45, 7) is 6.77. The third-order valence-corrected chi connectivity index (χ3v) is 10.2. The van der Waals surface area contributed by atoms with Gasteiger partial charge in [0.1, 0.15) is 0 Å². The SMILES string of the molecule is CCCC[C](CCCC)(CCCC)[Sn][c]1ccc(F)cc1C#N. The fourth-order valence-electron chi connectivity index (χ4n) is 3.11. The number of hydrogen-bond donors (Lipinski definition) is 0. The van der Waals surface area contributed by atoms with E-state index in [1.54, 1.807) is 6.07 Å². The molecule has 0 bridgehead atoms. The van der Waals surface area contributed by atoms with Crippen LogP contribution in [-0.2, 0) is 0 Å². The van der Waals surface area contributed by atoms with Gasteiger partial charge in [-0.25, -0.2) is 0 Å². The molecule has 0 aliphatic carbocycles. The van der Waals surface area contributed by atoms with Crippen LogP contribution in [0.2, 0.25) is 3.43 Å². The molecular weight excluding hydrogens is 392 g/mol. The topological polar surface area (TPSA) is 23.8 Å². The molecule has 23 heavy (non-hydrogen) atoms. The number of halogens is 1. The zero-order valence-electron chi connectivity index (χ0n) is 14.9. The molecule has 0 aromatic heterocycles. The Hall–Kier alpha value is -0.561. The first-order valence-corrected chi connectivity index (χ1v) is 11.9. The molecule has 0 fully saturated rings. The molecule has 1 aromatic carbocycles. The van der Waals surface area contributed by atoms with Crippen LogP contribution in [0.4, 0.5) is 4.39 Å². The van der Waals surface area contributed by atoms with Gasteiger partial charge in [-0.15, -0.1) is 0 Å². The molecule has 126 valence electrons. The Balaban J connectivity index is 3.07. The van der Waals surface area contributed by atoms with Crippen LogP contribution in [0.25, 0.3) is 0 Å². The number of hydrogen-bond acceptors (Lipinski definition) is 1. The first-order chi connectivity index (χ1) is 11.1. The molecule has 0 unspecified atom stereocenters. The van der Waals surface area contributed by atoms with Crippen LogP contribution in [0.3, 0.4) is 0 Å². The van der Waals surface area contributed by atoms with Crippen LogP contribution < -0.4 is 3.58 Å². The van der Waals surface area contributed by atoms with Crippen molar-refractivity contribution in [3.63, 3.8) is 0 Å². The van der Waals surface area contributed by atoms with Crippen LogP contribution in [0.15, 0.2) is 18.2 Å². The maximum absolute atomic E-state index is 13.4. The van der Waals surface area contributed by atoms with Crippen molar-refractivity contribution in [3.8, 4) is 6.07 Å². The van der Waals surface area contributed by atoms with Gasteiger partial charge in [0.2, 0.25) is 0 Å². The Morgan fingerprint density at radius 2 is 1.52 bits per heavy atom.